The van der Waals surface area contributed by atoms with Gasteiger partial charge in [-0.05, 0) is 49.6 Å². The topological polar surface area (TPSA) is 20.2 Å². The van der Waals surface area contributed by atoms with E-state index in [4.69, 9.17) is 5.11 Å². The van der Waals surface area contributed by atoms with Crippen molar-refractivity contribution in [2.75, 3.05) is 0 Å². The van der Waals surface area contributed by atoms with E-state index in [0.717, 1.165) is 11.1 Å². The van der Waals surface area contributed by atoms with Crippen LogP contribution in [0, 0.1) is 64.8 Å². The van der Waals surface area contributed by atoms with E-state index in [9.17, 15) is 0 Å². The quantitative estimate of drug-likeness (QED) is 0.750. The summed E-state index contributed by atoms with van der Waals surface area (Å²) in [6.07, 6.45) is 0. The summed E-state index contributed by atoms with van der Waals surface area (Å²) < 4.78 is 0. The summed E-state index contributed by atoms with van der Waals surface area (Å²) in [7, 11) is 0. The average Bonchev–Trinajstić information content (AvgIpc) is 1.82. The fourth-order valence-electron chi connectivity index (χ4n) is 1.01. The first-order valence-corrected chi connectivity index (χ1v) is 3.38. The van der Waals surface area contributed by atoms with Gasteiger partial charge in [-0.15, -0.1) is 0 Å². The van der Waals surface area contributed by atoms with E-state index < -0.39 is 0 Å². The van der Waals surface area contributed by atoms with E-state index in [1.807, 2.05) is 13.8 Å². The Morgan fingerprint density at radius 2 is 1.36 bits per heavy atom. The standard InChI is InChI=1S/C9H12O.Ac/c1-6-4-9(10)5-7(2)8(6)3;/h4-5,10H,1-3H3;. The minimum Gasteiger partial charge on any atom is -0.508 e. The molecule has 0 saturated carbocycles. The molecule has 0 saturated heterocycles. The maximum Gasteiger partial charge on any atom is 0.116 e. The normalized spacial score (nSPS) is 9.00. The summed E-state index contributed by atoms with van der Waals surface area (Å²) in [6.45, 7) is 6.06. The van der Waals surface area contributed by atoms with Crippen LogP contribution in [0.4, 0.5) is 0 Å². The zero-order chi connectivity index (χ0) is 7.72. The predicted octanol–water partition coefficient (Wildman–Crippen LogP) is 2.32. The molecule has 1 rings (SSSR count). The number of phenols is 1. The molecule has 1 N–H and O–H groups in total. The Hall–Kier alpha value is 0.462. The van der Waals surface area contributed by atoms with Crippen LogP contribution in [-0.4, -0.2) is 5.11 Å². The largest absolute Gasteiger partial charge is 0.508 e. The van der Waals surface area contributed by atoms with Crippen LogP contribution >= 0.6 is 0 Å². The van der Waals surface area contributed by atoms with Gasteiger partial charge in [0, 0.05) is 44.1 Å². The third kappa shape index (κ3) is 2.76. The molecular weight excluding hydrogens is 351 g/mol. The summed E-state index contributed by atoms with van der Waals surface area (Å²) in [5, 5.41) is 9.12. The molecule has 0 atom stereocenters. The molecule has 1 nitrogen and oxygen atoms in total. The van der Waals surface area contributed by atoms with Gasteiger partial charge in [0.1, 0.15) is 5.75 Å². The third-order valence-electron chi connectivity index (χ3n) is 1.91. The maximum atomic E-state index is 9.12. The molecule has 0 aliphatic rings. The van der Waals surface area contributed by atoms with Gasteiger partial charge in [-0.25, -0.2) is 0 Å². The Morgan fingerprint density at radius 1 is 1.00 bits per heavy atom. The van der Waals surface area contributed by atoms with Crippen molar-refractivity contribution in [2.24, 2.45) is 0 Å². The van der Waals surface area contributed by atoms with E-state index in [2.05, 4.69) is 6.92 Å². The SMILES string of the molecule is Cc1cc(O)cc(C)c1C.[Ac]. The first-order chi connectivity index (χ1) is 4.61. The molecule has 0 unspecified atom stereocenters. The molecule has 11 heavy (non-hydrogen) atoms. The van der Waals surface area contributed by atoms with Gasteiger partial charge in [-0.1, -0.05) is 0 Å². The number of hydrogen-bond acceptors (Lipinski definition) is 1. The van der Waals surface area contributed by atoms with Gasteiger partial charge in [0.05, 0.1) is 0 Å². The van der Waals surface area contributed by atoms with Gasteiger partial charge in [0.15, 0.2) is 0 Å². The number of hydrogen-bond donors (Lipinski definition) is 1. The Bertz CT molecular complexity index is 233. The first kappa shape index (κ1) is 11.5. The van der Waals surface area contributed by atoms with Crippen molar-refractivity contribution < 1.29 is 49.2 Å². The Kier molecular flexibility index (Phi) is 4.67. The minimum absolute atomic E-state index is 0. The van der Waals surface area contributed by atoms with Crippen molar-refractivity contribution in [1.82, 2.24) is 0 Å². The van der Waals surface area contributed by atoms with Crippen LogP contribution in [0.5, 0.6) is 5.75 Å². The Balaban J connectivity index is 0.000001000. The van der Waals surface area contributed by atoms with Crippen molar-refractivity contribution in [3.05, 3.63) is 28.8 Å². The second-order valence-corrected chi connectivity index (χ2v) is 2.70. The van der Waals surface area contributed by atoms with Gasteiger partial charge in [-0.2, -0.15) is 0 Å². The first-order valence-electron chi connectivity index (χ1n) is 3.38. The summed E-state index contributed by atoms with van der Waals surface area (Å²) >= 11 is 0. The fourth-order valence-corrected chi connectivity index (χ4v) is 1.01. The van der Waals surface area contributed by atoms with E-state index in [1.54, 1.807) is 12.1 Å². The zero-order valence-electron chi connectivity index (χ0n) is 7.18. The fraction of sp³-hybridized carbons (Fsp3) is 0.333. The molecule has 0 aliphatic heterocycles. The van der Waals surface area contributed by atoms with Crippen LogP contribution in [0.2, 0.25) is 0 Å². The van der Waals surface area contributed by atoms with E-state index in [1.165, 1.54) is 5.56 Å². The van der Waals surface area contributed by atoms with Crippen LogP contribution in [0.15, 0.2) is 12.1 Å². The molecule has 2 heteroatoms. The van der Waals surface area contributed by atoms with Crippen LogP contribution in [0.25, 0.3) is 0 Å². The second kappa shape index (κ2) is 4.48. The Morgan fingerprint density at radius 3 is 1.73 bits per heavy atom. The van der Waals surface area contributed by atoms with Crippen molar-refractivity contribution in [1.29, 1.82) is 0 Å². The molecule has 57 valence electrons. The second-order valence-electron chi connectivity index (χ2n) is 2.70. The van der Waals surface area contributed by atoms with Gasteiger partial charge in [0.25, 0.3) is 0 Å². The molecule has 0 heterocycles. The van der Waals surface area contributed by atoms with Crippen LogP contribution in [-0.2, 0) is 0 Å². The molecule has 0 aromatic heterocycles. The average molecular weight is 363 g/mol. The minimum atomic E-state index is 0. The number of aryl methyl sites for hydroxylation is 2. The number of phenolic OH excluding ortho intramolecular Hbond substituents is 1. The smallest absolute Gasteiger partial charge is 0.116 e. The molecule has 0 aliphatic carbocycles. The van der Waals surface area contributed by atoms with Crippen molar-refractivity contribution in [2.45, 2.75) is 20.8 Å². The summed E-state index contributed by atoms with van der Waals surface area (Å²) in [6, 6.07) is 3.56. The van der Waals surface area contributed by atoms with E-state index in [0.29, 0.717) is 5.75 Å². The van der Waals surface area contributed by atoms with E-state index in [-0.39, 0.29) is 44.1 Å². The summed E-state index contributed by atoms with van der Waals surface area (Å²) in [5.74, 6) is 0.362. The molecule has 1 radical (unpaired) electrons. The van der Waals surface area contributed by atoms with Gasteiger partial charge in [-0.3, -0.25) is 0 Å². The molecule has 1 aromatic rings. The monoisotopic (exact) mass is 363 g/mol. The molecule has 0 fully saturated rings. The zero-order valence-corrected chi connectivity index (χ0v) is 11.9. The molecule has 1 aromatic carbocycles. The summed E-state index contributed by atoms with van der Waals surface area (Å²) in [4.78, 5) is 0. The summed E-state index contributed by atoms with van der Waals surface area (Å²) in [5.41, 5.74) is 3.56. The van der Waals surface area contributed by atoms with Crippen molar-refractivity contribution in [3.63, 3.8) is 0 Å². The van der Waals surface area contributed by atoms with E-state index >= 15 is 0 Å². The number of benzene rings is 1. The molecular formula is C9H12AcO. The van der Waals surface area contributed by atoms with Crippen LogP contribution in [0.1, 0.15) is 16.7 Å². The Labute approximate surface area is 103 Å². The van der Waals surface area contributed by atoms with Crippen molar-refractivity contribution in [3.8, 4) is 5.75 Å². The van der Waals surface area contributed by atoms with Gasteiger partial charge in [0.2, 0.25) is 0 Å². The number of rotatable bonds is 0. The molecule has 0 spiro atoms. The van der Waals surface area contributed by atoms with Crippen LogP contribution in [0.3, 0.4) is 0 Å². The maximum absolute atomic E-state index is 9.12. The third-order valence-corrected chi connectivity index (χ3v) is 1.91. The molecule has 0 bridgehead atoms. The predicted molar refractivity (Wildman–Crippen MR) is 42.3 cm³/mol. The van der Waals surface area contributed by atoms with Gasteiger partial charge >= 0.3 is 0 Å². The number of aromatic hydroxyl groups is 1. The van der Waals surface area contributed by atoms with Crippen LogP contribution < -0.4 is 0 Å². The van der Waals surface area contributed by atoms with Crippen molar-refractivity contribution >= 4 is 0 Å². The van der Waals surface area contributed by atoms with Gasteiger partial charge < -0.3 is 5.11 Å². The molecule has 0 amide bonds.